The number of benzene rings is 2. The van der Waals surface area contributed by atoms with Crippen molar-refractivity contribution in [2.75, 3.05) is 0 Å². The summed E-state index contributed by atoms with van der Waals surface area (Å²) in [5.41, 5.74) is 1.25. The van der Waals surface area contributed by atoms with Crippen LogP contribution in [-0.4, -0.2) is 5.11 Å². The number of aryl methyl sites for hydroxylation is 1. The van der Waals surface area contributed by atoms with Crippen LogP contribution in [0.3, 0.4) is 0 Å². The van der Waals surface area contributed by atoms with Crippen molar-refractivity contribution in [3.05, 3.63) is 54.1 Å². The zero-order chi connectivity index (χ0) is 10.7. The first-order chi connectivity index (χ1) is 7.25. The van der Waals surface area contributed by atoms with Gasteiger partial charge < -0.3 is 5.11 Å². The summed E-state index contributed by atoms with van der Waals surface area (Å²) in [5, 5.41) is 9.61. The number of para-hydroxylation sites is 1. The number of hydrogen-bond donors (Lipinski definition) is 1. The summed E-state index contributed by atoms with van der Waals surface area (Å²) in [6.45, 7) is 2.06. The van der Waals surface area contributed by atoms with Crippen molar-refractivity contribution < 1.29 is 5.11 Å². The van der Waals surface area contributed by atoms with Crippen molar-refractivity contribution in [3.8, 4) is 5.75 Å². The minimum atomic E-state index is 0.336. The fourth-order valence-corrected chi connectivity index (χ4v) is 2.12. The Hall–Kier alpha value is -1.41. The molecule has 2 heteroatoms. The Morgan fingerprint density at radius 2 is 1.60 bits per heavy atom. The molecule has 0 aliphatic carbocycles. The van der Waals surface area contributed by atoms with Gasteiger partial charge in [-0.25, -0.2) is 0 Å². The Balaban J connectivity index is 2.22. The maximum absolute atomic E-state index is 9.61. The average molecular weight is 216 g/mol. The van der Waals surface area contributed by atoms with E-state index in [1.165, 1.54) is 5.56 Å². The molecule has 0 aliphatic rings. The van der Waals surface area contributed by atoms with Crippen LogP contribution >= 0.6 is 11.8 Å². The molecule has 76 valence electrons. The standard InChI is InChI=1S/C13H12OS/c1-10-6-8-11(9-7-10)15-13-5-3-2-4-12(13)14/h2-9,14H,1H3. The molecule has 1 nitrogen and oxygen atoms in total. The molecule has 15 heavy (non-hydrogen) atoms. The average Bonchev–Trinajstić information content (AvgIpc) is 2.25. The Kier molecular flexibility index (Phi) is 2.97. The molecule has 1 N–H and O–H groups in total. The van der Waals surface area contributed by atoms with Crippen LogP contribution in [0, 0.1) is 6.92 Å². The lowest BCUT2D eigenvalue weighted by Crippen LogP contribution is -1.75. The van der Waals surface area contributed by atoms with E-state index in [0.29, 0.717) is 5.75 Å². The smallest absolute Gasteiger partial charge is 0.129 e. The van der Waals surface area contributed by atoms with Gasteiger partial charge in [0.05, 0.1) is 4.90 Å². The van der Waals surface area contributed by atoms with Gasteiger partial charge in [-0.3, -0.25) is 0 Å². The van der Waals surface area contributed by atoms with E-state index >= 15 is 0 Å². The molecule has 2 rings (SSSR count). The fraction of sp³-hybridized carbons (Fsp3) is 0.0769. The molecule has 0 amide bonds. The SMILES string of the molecule is Cc1ccc(Sc2ccccc2O)cc1. The van der Waals surface area contributed by atoms with Crippen LogP contribution in [0.1, 0.15) is 5.56 Å². The summed E-state index contributed by atoms with van der Waals surface area (Å²) >= 11 is 1.57. The molecule has 0 aliphatic heterocycles. The quantitative estimate of drug-likeness (QED) is 0.822. The van der Waals surface area contributed by atoms with Crippen molar-refractivity contribution in [3.63, 3.8) is 0 Å². The molecule has 2 aromatic rings. The third-order valence-electron chi connectivity index (χ3n) is 2.11. The zero-order valence-electron chi connectivity index (χ0n) is 8.47. The Bertz CT molecular complexity index is 448. The summed E-state index contributed by atoms with van der Waals surface area (Å²) in [6, 6.07) is 15.6. The zero-order valence-corrected chi connectivity index (χ0v) is 9.29. The van der Waals surface area contributed by atoms with Crippen molar-refractivity contribution in [1.82, 2.24) is 0 Å². The van der Waals surface area contributed by atoms with Gasteiger partial charge in [0.15, 0.2) is 0 Å². The molecule has 0 fully saturated rings. The van der Waals surface area contributed by atoms with Gasteiger partial charge in [0.25, 0.3) is 0 Å². The maximum Gasteiger partial charge on any atom is 0.129 e. The van der Waals surface area contributed by atoms with Crippen LogP contribution in [0.5, 0.6) is 5.75 Å². The van der Waals surface area contributed by atoms with Gasteiger partial charge in [-0.05, 0) is 31.2 Å². The first-order valence-corrected chi connectivity index (χ1v) is 5.60. The van der Waals surface area contributed by atoms with Gasteiger partial charge in [-0.15, -0.1) is 0 Å². The predicted octanol–water partition coefficient (Wildman–Crippen LogP) is 3.85. The van der Waals surface area contributed by atoms with Crippen LogP contribution in [0.25, 0.3) is 0 Å². The van der Waals surface area contributed by atoms with E-state index in [0.717, 1.165) is 9.79 Å². The van der Waals surface area contributed by atoms with E-state index in [1.807, 2.05) is 18.2 Å². The Morgan fingerprint density at radius 1 is 0.933 bits per heavy atom. The van der Waals surface area contributed by atoms with Crippen molar-refractivity contribution in [2.45, 2.75) is 16.7 Å². The molecular formula is C13H12OS. The number of phenolic OH excluding ortho intramolecular Hbond substituents is 1. The van der Waals surface area contributed by atoms with Crippen LogP contribution in [0.4, 0.5) is 0 Å². The van der Waals surface area contributed by atoms with E-state index < -0.39 is 0 Å². The lowest BCUT2D eigenvalue weighted by molar-refractivity contribution is 0.462. The summed E-state index contributed by atoms with van der Waals surface area (Å²) < 4.78 is 0. The topological polar surface area (TPSA) is 20.2 Å². The number of hydrogen-bond acceptors (Lipinski definition) is 2. The molecular weight excluding hydrogens is 204 g/mol. The second kappa shape index (κ2) is 4.41. The first-order valence-electron chi connectivity index (χ1n) is 4.78. The lowest BCUT2D eigenvalue weighted by Gasteiger charge is -2.03. The van der Waals surface area contributed by atoms with Crippen molar-refractivity contribution >= 4 is 11.8 Å². The molecule has 0 heterocycles. The summed E-state index contributed by atoms with van der Waals surface area (Å²) in [7, 11) is 0. The normalized spacial score (nSPS) is 10.2. The van der Waals surface area contributed by atoms with E-state index in [1.54, 1.807) is 17.8 Å². The summed E-state index contributed by atoms with van der Waals surface area (Å²) in [6.07, 6.45) is 0. The number of phenols is 1. The highest BCUT2D eigenvalue weighted by atomic mass is 32.2. The third-order valence-corrected chi connectivity index (χ3v) is 3.19. The molecule has 0 saturated carbocycles. The van der Waals surface area contributed by atoms with Crippen molar-refractivity contribution in [1.29, 1.82) is 0 Å². The summed E-state index contributed by atoms with van der Waals surface area (Å²) in [5.74, 6) is 0.336. The first kappa shape index (κ1) is 10.1. The highest BCUT2D eigenvalue weighted by Gasteiger charge is 2.01. The highest BCUT2D eigenvalue weighted by molar-refractivity contribution is 7.99. The van der Waals surface area contributed by atoms with Crippen molar-refractivity contribution in [2.24, 2.45) is 0 Å². The molecule has 0 saturated heterocycles. The summed E-state index contributed by atoms with van der Waals surface area (Å²) in [4.78, 5) is 2.03. The Morgan fingerprint density at radius 3 is 2.27 bits per heavy atom. The van der Waals surface area contributed by atoms with Crippen LogP contribution in [0.15, 0.2) is 58.3 Å². The molecule has 0 unspecified atom stereocenters. The molecule has 2 aromatic carbocycles. The van der Waals surface area contributed by atoms with Crippen LogP contribution < -0.4 is 0 Å². The van der Waals surface area contributed by atoms with Gasteiger partial charge >= 0.3 is 0 Å². The maximum atomic E-state index is 9.61. The van der Waals surface area contributed by atoms with Gasteiger partial charge in [0, 0.05) is 4.90 Å². The minimum absolute atomic E-state index is 0.336. The predicted molar refractivity (Wildman–Crippen MR) is 63.4 cm³/mol. The number of aromatic hydroxyl groups is 1. The molecule has 0 spiro atoms. The molecule has 0 bridgehead atoms. The molecule has 0 radical (unpaired) electrons. The Labute approximate surface area is 93.8 Å². The van der Waals surface area contributed by atoms with Crippen LogP contribution in [0.2, 0.25) is 0 Å². The third kappa shape index (κ3) is 2.54. The number of rotatable bonds is 2. The monoisotopic (exact) mass is 216 g/mol. The second-order valence-electron chi connectivity index (χ2n) is 3.38. The fourth-order valence-electron chi connectivity index (χ4n) is 1.28. The van der Waals surface area contributed by atoms with Gasteiger partial charge in [-0.2, -0.15) is 0 Å². The lowest BCUT2D eigenvalue weighted by atomic mass is 10.2. The second-order valence-corrected chi connectivity index (χ2v) is 4.50. The minimum Gasteiger partial charge on any atom is -0.507 e. The van der Waals surface area contributed by atoms with E-state index in [2.05, 4.69) is 31.2 Å². The van der Waals surface area contributed by atoms with E-state index in [-0.39, 0.29) is 0 Å². The molecule has 0 atom stereocenters. The highest BCUT2D eigenvalue weighted by Crippen LogP contribution is 2.33. The molecule has 0 aromatic heterocycles. The van der Waals surface area contributed by atoms with E-state index in [9.17, 15) is 5.11 Å². The van der Waals surface area contributed by atoms with E-state index in [4.69, 9.17) is 0 Å². The largest absolute Gasteiger partial charge is 0.507 e. The van der Waals surface area contributed by atoms with Gasteiger partial charge in [-0.1, -0.05) is 41.6 Å². The van der Waals surface area contributed by atoms with Gasteiger partial charge in [0.2, 0.25) is 0 Å². The van der Waals surface area contributed by atoms with Gasteiger partial charge in [0.1, 0.15) is 5.75 Å². The van der Waals surface area contributed by atoms with Crippen LogP contribution in [-0.2, 0) is 0 Å².